The van der Waals surface area contributed by atoms with Gasteiger partial charge in [0.1, 0.15) is 0 Å². The highest BCUT2D eigenvalue weighted by Crippen LogP contribution is 2.01. The van der Waals surface area contributed by atoms with Crippen LogP contribution in [0, 0.1) is 0 Å². The molecule has 0 aliphatic carbocycles. The minimum absolute atomic E-state index is 0.205. The Morgan fingerprint density at radius 1 is 1.36 bits per heavy atom. The summed E-state index contributed by atoms with van der Waals surface area (Å²) in [5.41, 5.74) is 0. The lowest BCUT2D eigenvalue weighted by Gasteiger charge is -1.96. The zero-order valence-electron chi connectivity index (χ0n) is 6.71. The molecule has 2 heteroatoms. The summed E-state index contributed by atoms with van der Waals surface area (Å²) in [6.45, 7) is 6.87. The maximum Gasteiger partial charge on any atom is 0.310 e. The van der Waals surface area contributed by atoms with E-state index in [0.717, 1.165) is 25.5 Å². The molecule has 0 fully saturated rings. The lowest BCUT2D eigenvalue weighted by molar-refractivity contribution is -0.138. The molecule has 0 N–H and O–H groups in total. The van der Waals surface area contributed by atoms with Gasteiger partial charge in [0, 0.05) is 6.42 Å². The molecule has 0 amide bonds. The number of rotatable bonds is 6. The lowest BCUT2D eigenvalue weighted by atomic mass is 10.2. The first-order chi connectivity index (χ1) is 5.31. The molecule has 0 heterocycles. The molecule has 0 aliphatic heterocycles. The van der Waals surface area contributed by atoms with Crippen LogP contribution in [0.15, 0.2) is 25.5 Å². The third kappa shape index (κ3) is 6.84. The van der Waals surface area contributed by atoms with Crippen molar-refractivity contribution in [1.82, 2.24) is 0 Å². The molecule has 62 valence electrons. The van der Waals surface area contributed by atoms with E-state index in [1.54, 1.807) is 0 Å². The number of carbonyl (C=O) groups excluding carboxylic acids is 1. The second-order valence-electron chi connectivity index (χ2n) is 2.19. The van der Waals surface area contributed by atoms with Crippen molar-refractivity contribution in [1.29, 1.82) is 0 Å². The van der Waals surface area contributed by atoms with E-state index in [4.69, 9.17) is 0 Å². The van der Waals surface area contributed by atoms with Crippen molar-refractivity contribution in [3.05, 3.63) is 25.5 Å². The van der Waals surface area contributed by atoms with Gasteiger partial charge in [-0.25, -0.2) is 0 Å². The first-order valence-electron chi connectivity index (χ1n) is 3.72. The van der Waals surface area contributed by atoms with Gasteiger partial charge >= 0.3 is 5.97 Å². The van der Waals surface area contributed by atoms with E-state index in [9.17, 15) is 4.79 Å². The molecular formula is C9H14O2. The van der Waals surface area contributed by atoms with Gasteiger partial charge in [-0.15, -0.1) is 6.58 Å². The van der Waals surface area contributed by atoms with Gasteiger partial charge < -0.3 is 4.74 Å². The Hall–Kier alpha value is -1.05. The number of hydrogen-bond donors (Lipinski definition) is 0. The van der Waals surface area contributed by atoms with Gasteiger partial charge in [0.05, 0.1) is 6.26 Å². The van der Waals surface area contributed by atoms with Crippen LogP contribution in [0.5, 0.6) is 0 Å². The smallest absolute Gasteiger partial charge is 0.310 e. The number of ether oxygens (including phenoxy) is 1. The summed E-state index contributed by atoms with van der Waals surface area (Å²) in [7, 11) is 0. The Bertz CT molecular complexity index is 138. The lowest BCUT2D eigenvalue weighted by Crippen LogP contribution is -1.97. The third-order valence-electron chi connectivity index (χ3n) is 1.25. The molecule has 0 bridgehead atoms. The van der Waals surface area contributed by atoms with E-state index < -0.39 is 0 Å². The first kappa shape index (κ1) is 9.95. The highest BCUT2D eigenvalue weighted by Gasteiger charge is 1.98. The summed E-state index contributed by atoms with van der Waals surface area (Å²) in [5.74, 6) is -0.205. The van der Waals surface area contributed by atoms with Gasteiger partial charge in [-0.2, -0.15) is 0 Å². The standard InChI is InChI=1S/C9H14O2/c1-3-5-6-7-8-9(10)11-4-2/h3-4H,1-2,5-8H2. The molecule has 0 aromatic heterocycles. The maximum atomic E-state index is 10.7. The van der Waals surface area contributed by atoms with Crippen molar-refractivity contribution in [2.24, 2.45) is 0 Å². The summed E-state index contributed by atoms with van der Waals surface area (Å²) >= 11 is 0. The van der Waals surface area contributed by atoms with E-state index in [2.05, 4.69) is 17.9 Å². The van der Waals surface area contributed by atoms with Crippen LogP contribution in [0.2, 0.25) is 0 Å². The van der Waals surface area contributed by atoms with Crippen LogP contribution in [0.25, 0.3) is 0 Å². The highest BCUT2D eigenvalue weighted by atomic mass is 16.5. The van der Waals surface area contributed by atoms with Gasteiger partial charge in [-0.05, 0) is 19.3 Å². The van der Waals surface area contributed by atoms with Crippen LogP contribution in [0.1, 0.15) is 25.7 Å². The van der Waals surface area contributed by atoms with Crippen LogP contribution in [-0.2, 0) is 9.53 Å². The molecular weight excluding hydrogens is 140 g/mol. The van der Waals surface area contributed by atoms with E-state index >= 15 is 0 Å². The number of hydrogen-bond acceptors (Lipinski definition) is 2. The minimum Gasteiger partial charge on any atom is -0.435 e. The Morgan fingerprint density at radius 3 is 2.64 bits per heavy atom. The van der Waals surface area contributed by atoms with Crippen LogP contribution in [0.4, 0.5) is 0 Å². The fraction of sp³-hybridized carbons (Fsp3) is 0.444. The van der Waals surface area contributed by atoms with Gasteiger partial charge in [-0.3, -0.25) is 4.79 Å². The summed E-state index contributed by atoms with van der Waals surface area (Å²) in [6.07, 6.45) is 6.30. The van der Waals surface area contributed by atoms with Crippen LogP contribution < -0.4 is 0 Å². The normalized spacial score (nSPS) is 8.73. The zero-order valence-corrected chi connectivity index (χ0v) is 6.71. The molecule has 0 radical (unpaired) electrons. The van der Waals surface area contributed by atoms with Crippen molar-refractivity contribution < 1.29 is 9.53 Å². The average molecular weight is 154 g/mol. The van der Waals surface area contributed by atoms with Crippen LogP contribution in [0.3, 0.4) is 0 Å². The van der Waals surface area contributed by atoms with E-state index in [-0.39, 0.29) is 5.97 Å². The molecule has 0 saturated carbocycles. The first-order valence-corrected chi connectivity index (χ1v) is 3.72. The highest BCUT2D eigenvalue weighted by molar-refractivity contribution is 5.69. The molecule has 0 unspecified atom stereocenters. The predicted molar refractivity (Wildman–Crippen MR) is 45.0 cm³/mol. The van der Waals surface area contributed by atoms with Gasteiger partial charge in [0.15, 0.2) is 0 Å². The van der Waals surface area contributed by atoms with Gasteiger partial charge in [-0.1, -0.05) is 12.7 Å². The largest absolute Gasteiger partial charge is 0.435 e. The van der Waals surface area contributed by atoms with E-state index in [0.29, 0.717) is 6.42 Å². The molecule has 0 saturated heterocycles. The molecule has 0 spiro atoms. The maximum absolute atomic E-state index is 10.7. The summed E-state index contributed by atoms with van der Waals surface area (Å²) in [5, 5.41) is 0. The Morgan fingerprint density at radius 2 is 2.09 bits per heavy atom. The average Bonchev–Trinajstić information content (AvgIpc) is 1.99. The van der Waals surface area contributed by atoms with Crippen molar-refractivity contribution in [2.75, 3.05) is 0 Å². The van der Waals surface area contributed by atoms with Crippen molar-refractivity contribution in [3.63, 3.8) is 0 Å². The van der Waals surface area contributed by atoms with Crippen molar-refractivity contribution >= 4 is 5.97 Å². The second-order valence-corrected chi connectivity index (χ2v) is 2.19. The third-order valence-corrected chi connectivity index (χ3v) is 1.25. The number of carbonyl (C=O) groups is 1. The number of allylic oxidation sites excluding steroid dienone is 1. The van der Waals surface area contributed by atoms with Crippen molar-refractivity contribution in [3.8, 4) is 0 Å². The fourth-order valence-corrected chi connectivity index (χ4v) is 0.710. The second kappa shape index (κ2) is 7.06. The van der Waals surface area contributed by atoms with E-state index in [1.807, 2.05) is 6.08 Å². The molecule has 0 aliphatic rings. The predicted octanol–water partition coefficient (Wildman–Crippen LogP) is 2.42. The summed E-state index contributed by atoms with van der Waals surface area (Å²) < 4.78 is 4.52. The quantitative estimate of drug-likeness (QED) is 0.254. The topological polar surface area (TPSA) is 26.3 Å². The molecule has 2 nitrogen and oxygen atoms in total. The van der Waals surface area contributed by atoms with Crippen LogP contribution >= 0.6 is 0 Å². The molecule has 0 rings (SSSR count). The molecule has 0 atom stereocenters. The Labute approximate surface area is 67.6 Å². The minimum atomic E-state index is -0.205. The van der Waals surface area contributed by atoms with Gasteiger partial charge in [0.2, 0.25) is 0 Å². The summed E-state index contributed by atoms with van der Waals surface area (Å²) in [6, 6.07) is 0. The fourth-order valence-electron chi connectivity index (χ4n) is 0.710. The molecule has 11 heavy (non-hydrogen) atoms. The monoisotopic (exact) mass is 154 g/mol. The van der Waals surface area contributed by atoms with Crippen LogP contribution in [-0.4, -0.2) is 5.97 Å². The van der Waals surface area contributed by atoms with Gasteiger partial charge in [0.25, 0.3) is 0 Å². The Kier molecular flexibility index (Phi) is 6.39. The molecule has 0 aromatic rings. The van der Waals surface area contributed by atoms with E-state index in [1.165, 1.54) is 0 Å². The summed E-state index contributed by atoms with van der Waals surface area (Å²) in [4.78, 5) is 10.7. The zero-order chi connectivity index (χ0) is 8.53. The van der Waals surface area contributed by atoms with Crippen molar-refractivity contribution in [2.45, 2.75) is 25.7 Å². The SMILES string of the molecule is C=CCCCCC(=O)OC=C. The number of esters is 1. The Balaban J connectivity index is 3.16. The molecule has 0 aromatic carbocycles. The number of unbranched alkanes of at least 4 members (excludes halogenated alkanes) is 2.